The maximum Gasteiger partial charge on any atom is 0.131 e. The van der Waals surface area contributed by atoms with Crippen molar-refractivity contribution in [3.63, 3.8) is 0 Å². The molecule has 0 amide bonds. The molecule has 0 saturated carbocycles. The van der Waals surface area contributed by atoms with Crippen molar-refractivity contribution in [2.24, 2.45) is 5.92 Å². The van der Waals surface area contributed by atoms with E-state index < -0.39 is 5.82 Å². The molecule has 0 fully saturated rings. The second-order valence-corrected chi connectivity index (χ2v) is 4.81. The molecular weight excluding hydrogens is 233 g/mol. The van der Waals surface area contributed by atoms with Crippen LogP contribution < -0.4 is 5.32 Å². The average molecular weight is 255 g/mol. The molecule has 0 aliphatic carbocycles. The Morgan fingerprint density at radius 1 is 1.33 bits per heavy atom. The van der Waals surface area contributed by atoms with E-state index in [1.807, 2.05) is 13.8 Å². The number of phenolic OH excluding ortho intramolecular Hbond substituents is 1. The van der Waals surface area contributed by atoms with Gasteiger partial charge in [0.05, 0.1) is 0 Å². The Labute approximate surface area is 108 Å². The third-order valence-electron chi connectivity index (χ3n) is 3.09. The summed E-state index contributed by atoms with van der Waals surface area (Å²) in [5.41, 5.74) is 0.558. The highest BCUT2D eigenvalue weighted by Crippen LogP contribution is 2.20. The molecule has 3 nitrogen and oxygen atoms in total. The average Bonchev–Trinajstić information content (AvgIpc) is 2.34. The second kappa shape index (κ2) is 7.34. The molecule has 0 spiro atoms. The summed E-state index contributed by atoms with van der Waals surface area (Å²) >= 11 is 0. The largest absolute Gasteiger partial charge is 0.508 e. The van der Waals surface area contributed by atoms with E-state index in [0.717, 1.165) is 25.5 Å². The predicted octanol–water partition coefficient (Wildman–Crippen LogP) is 2.59. The molecule has 1 aromatic rings. The monoisotopic (exact) mass is 255 g/mol. The van der Waals surface area contributed by atoms with Crippen molar-refractivity contribution in [2.75, 3.05) is 13.2 Å². The Bertz CT molecular complexity index is 371. The van der Waals surface area contributed by atoms with Gasteiger partial charge in [-0.05, 0) is 38.3 Å². The molecule has 18 heavy (non-hydrogen) atoms. The Morgan fingerprint density at radius 3 is 2.67 bits per heavy atom. The Morgan fingerprint density at radius 2 is 2.06 bits per heavy atom. The normalized spacial score (nSPS) is 14.4. The summed E-state index contributed by atoms with van der Waals surface area (Å²) < 4.78 is 13.6. The molecule has 0 aliphatic heterocycles. The fourth-order valence-electron chi connectivity index (χ4n) is 1.84. The van der Waals surface area contributed by atoms with Crippen LogP contribution in [0.2, 0.25) is 0 Å². The lowest BCUT2D eigenvalue weighted by Gasteiger charge is -2.16. The Kier molecular flexibility index (Phi) is 6.09. The second-order valence-electron chi connectivity index (χ2n) is 4.81. The molecule has 102 valence electrons. The number of aliphatic hydroxyl groups excluding tert-OH is 1. The van der Waals surface area contributed by atoms with Crippen LogP contribution in [0.3, 0.4) is 0 Å². The van der Waals surface area contributed by atoms with Gasteiger partial charge in [0, 0.05) is 24.3 Å². The van der Waals surface area contributed by atoms with Crippen LogP contribution in [-0.4, -0.2) is 23.4 Å². The van der Waals surface area contributed by atoms with Gasteiger partial charge in [0.15, 0.2) is 0 Å². The van der Waals surface area contributed by atoms with E-state index in [-0.39, 0.29) is 18.4 Å². The maximum atomic E-state index is 13.6. The van der Waals surface area contributed by atoms with E-state index in [2.05, 4.69) is 5.32 Å². The summed E-state index contributed by atoms with van der Waals surface area (Å²) in [5, 5.41) is 21.3. The van der Waals surface area contributed by atoms with Crippen LogP contribution in [0.1, 0.15) is 38.3 Å². The van der Waals surface area contributed by atoms with E-state index in [0.29, 0.717) is 11.5 Å². The number of phenols is 1. The van der Waals surface area contributed by atoms with Gasteiger partial charge in [0.1, 0.15) is 11.6 Å². The third-order valence-corrected chi connectivity index (χ3v) is 3.09. The summed E-state index contributed by atoms with van der Waals surface area (Å²) in [7, 11) is 0. The molecule has 0 bridgehead atoms. The molecule has 0 saturated heterocycles. The number of aromatic hydroxyl groups is 1. The first kappa shape index (κ1) is 14.9. The van der Waals surface area contributed by atoms with Crippen LogP contribution >= 0.6 is 0 Å². The van der Waals surface area contributed by atoms with Crippen molar-refractivity contribution in [3.05, 3.63) is 29.6 Å². The highest BCUT2D eigenvalue weighted by Gasteiger charge is 2.10. The van der Waals surface area contributed by atoms with E-state index in [4.69, 9.17) is 10.2 Å². The van der Waals surface area contributed by atoms with Gasteiger partial charge in [0.2, 0.25) is 0 Å². The molecule has 1 aromatic carbocycles. The number of halogens is 1. The van der Waals surface area contributed by atoms with E-state index in [1.54, 1.807) is 6.07 Å². The number of benzene rings is 1. The quantitative estimate of drug-likeness (QED) is 0.656. The Balaban J connectivity index is 2.38. The number of nitrogens with one attached hydrogen (secondary N) is 1. The first-order valence-electron chi connectivity index (χ1n) is 6.37. The van der Waals surface area contributed by atoms with Gasteiger partial charge >= 0.3 is 0 Å². The van der Waals surface area contributed by atoms with E-state index >= 15 is 0 Å². The third kappa shape index (κ3) is 4.63. The molecule has 2 atom stereocenters. The van der Waals surface area contributed by atoms with Crippen molar-refractivity contribution in [1.82, 2.24) is 5.32 Å². The first-order valence-corrected chi connectivity index (χ1v) is 6.37. The molecule has 4 heteroatoms. The summed E-state index contributed by atoms with van der Waals surface area (Å²) in [6.07, 6.45) is 1.90. The lowest BCUT2D eigenvalue weighted by molar-refractivity contribution is 0.227. The van der Waals surface area contributed by atoms with Crippen LogP contribution in [0.15, 0.2) is 18.2 Å². The minimum Gasteiger partial charge on any atom is -0.508 e. The van der Waals surface area contributed by atoms with E-state index in [1.165, 1.54) is 6.07 Å². The van der Waals surface area contributed by atoms with Crippen molar-refractivity contribution >= 4 is 0 Å². The molecule has 3 N–H and O–H groups in total. The minimum absolute atomic E-state index is 0.0554. The fraction of sp³-hybridized carbons (Fsp3) is 0.571. The van der Waals surface area contributed by atoms with Crippen molar-refractivity contribution in [1.29, 1.82) is 0 Å². The van der Waals surface area contributed by atoms with Gasteiger partial charge in [-0.15, -0.1) is 0 Å². The summed E-state index contributed by atoms with van der Waals surface area (Å²) in [5.74, 6) is -0.133. The summed E-state index contributed by atoms with van der Waals surface area (Å²) in [4.78, 5) is 0. The zero-order valence-electron chi connectivity index (χ0n) is 11.0. The van der Waals surface area contributed by atoms with Crippen LogP contribution in [0.25, 0.3) is 0 Å². The molecule has 0 heterocycles. The molecule has 1 rings (SSSR count). The lowest BCUT2D eigenvalue weighted by atomic mass is 10.1. The van der Waals surface area contributed by atoms with Crippen LogP contribution in [-0.2, 0) is 0 Å². The smallest absolute Gasteiger partial charge is 0.131 e. The van der Waals surface area contributed by atoms with Gasteiger partial charge in [-0.3, -0.25) is 0 Å². The standard InChI is InChI=1S/C14H22FNO2/c1-10(9-17)4-3-7-16-11(2)13-6-5-12(18)8-14(13)15/h5-6,8,10-11,16-18H,3-4,7,9H2,1-2H3. The minimum atomic E-state index is -0.390. The maximum absolute atomic E-state index is 13.6. The predicted molar refractivity (Wildman–Crippen MR) is 70.0 cm³/mol. The molecular formula is C14H22FNO2. The van der Waals surface area contributed by atoms with Gasteiger partial charge in [-0.25, -0.2) is 4.39 Å². The zero-order chi connectivity index (χ0) is 13.5. The van der Waals surface area contributed by atoms with E-state index in [9.17, 15) is 4.39 Å². The van der Waals surface area contributed by atoms with Crippen molar-refractivity contribution < 1.29 is 14.6 Å². The SMILES string of the molecule is CC(CO)CCCNC(C)c1ccc(O)cc1F. The van der Waals surface area contributed by atoms with Crippen LogP contribution in [0.4, 0.5) is 4.39 Å². The molecule has 0 aliphatic rings. The zero-order valence-corrected chi connectivity index (χ0v) is 11.0. The topological polar surface area (TPSA) is 52.5 Å². The van der Waals surface area contributed by atoms with Gasteiger partial charge in [0.25, 0.3) is 0 Å². The summed E-state index contributed by atoms with van der Waals surface area (Å²) in [6, 6.07) is 4.12. The number of rotatable bonds is 7. The molecule has 2 unspecified atom stereocenters. The highest BCUT2D eigenvalue weighted by atomic mass is 19.1. The Hall–Kier alpha value is -1.13. The number of aliphatic hydroxyl groups is 1. The fourth-order valence-corrected chi connectivity index (χ4v) is 1.84. The van der Waals surface area contributed by atoms with Gasteiger partial charge < -0.3 is 15.5 Å². The number of hydrogen-bond donors (Lipinski definition) is 3. The van der Waals surface area contributed by atoms with Crippen molar-refractivity contribution in [2.45, 2.75) is 32.7 Å². The van der Waals surface area contributed by atoms with Crippen LogP contribution in [0.5, 0.6) is 5.75 Å². The summed E-state index contributed by atoms with van der Waals surface area (Å²) in [6.45, 7) is 4.89. The van der Waals surface area contributed by atoms with Gasteiger partial charge in [-0.2, -0.15) is 0 Å². The lowest BCUT2D eigenvalue weighted by Crippen LogP contribution is -2.21. The molecule has 0 aromatic heterocycles. The highest BCUT2D eigenvalue weighted by molar-refractivity contribution is 5.29. The van der Waals surface area contributed by atoms with Gasteiger partial charge in [-0.1, -0.05) is 13.0 Å². The van der Waals surface area contributed by atoms with Crippen molar-refractivity contribution in [3.8, 4) is 5.75 Å². The molecule has 0 radical (unpaired) electrons. The van der Waals surface area contributed by atoms with Crippen LogP contribution in [0, 0.1) is 11.7 Å². The number of hydrogen-bond acceptors (Lipinski definition) is 3. The first-order chi connectivity index (χ1) is 8.54.